The molecule has 1 amide bonds. The van der Waals surface area contributed by atoms with Crippen LogP contribution in [0.25, 0.3) is 0 Å². The fourth-order valence-corrected chi connectivity index (χ4v) is 3.73. The van der Waals surface area contributed by atoms with Crippen LogP contribution in [-0.2, 0) is 24.2 Å². The molecule has 0 radical (unpaired) electrons. The molecule has 2 aromatic rings. The summed E-state index contributed by atoms with van der Waals surface area (Å²) in [4.78, 5) is 19.1. The van der Waals surface area contributed by atoms with Crippen LogP contribution in [0.15, 0.2) is 17.8 Å². The van der Waals surface area contributed by atoms with E-state index in [4.69, 9.17) is 0 Å². The summed E-state index contributed by atoms with van der Waals surface area (Å²) < 4.78 is 1.95. The van der Waals surface area contributed by atoms with E-state index in [1.54, 1.807) is 11.3 Å². The second-order valence-corrected chi connectivity index (χ2v) is 6.83. The summed E-state index contributed by atoms with van der Waals surface area (Å²) in [5.41, 5.74) is 2.07. The van der Waals surface area contributed by atoms with Gasteiger partial charge in [0.25, 0.3) is 0 Å². The molecule has 22 heavy (non-hydrogen) atoms. The Hall–Kier alpha value is -1.69. The zero-order valence-corrected chi connectivity index (χ0v) is 14.0. The van der Waals surface area contributed by atoms with Crippen molar-refractivity contribution in [2.24, 2.45) is 0 Å². The van der Waals surface area contributed by atoms with E-state index in [1.807, 2.05) is 34.3 Å². The minimum absolute atomic E-state index is 0.194. The second kappa shape index (κ2) is 6.60. The number of carbonyl (C=O) groups excluding carboxylic acids is 1. The third-order valence-electron chi connectivity index (χ3n) is 4.09. The molecule has 3 rings (SSSR count). The first kappa shape index (κ1) is 15.2. The van der Waals surface area contributed by atoms with Crippen molar-refractivity contribution < 1.29 is 4.79 Å². The molecule has 0 bridgehead atoms. The highest BCUT2D eigenvalue weighted by Crippen LogP contribution is 2.21. The predicted octanol–water partition coefficient (Wildman–Crippen LogP) is 2.44. The van der Waals surface area contributed by atoms with Crippen molar-refractivity contribution in [2.75, 3.05) is 6.54 Å². The van der Waals surface area contributed by atoms with E-state index in [2.05, 4.69) is 17.0 Å². The molecule has 6 heteroatoms. The van der Waals surface area contributed by atoms with Gasteiger partial charge in [-0.15, -0.1) is 11.3 Å². The summed E-state index contributed by atoms with van der Waals surface area (Å²) in [6, 6.07) is 0.260. The van der Waals surface area contributed by atoms with Gasteiger partial charge >= 0.3 is 0 Å². The van der Waals surface area contributed by atoms with E-state index in [0.29, 0.717) is 6.42 Å². The van der Waals surface area contributed by atoms with Gasteiger partial charge in [0, 0.05) is 18.1 Å². The van der Waals surface area contributed by atoms with Gasteiger partial charge in [0.15, 0.2) is 0 Å². The highest BCUT2D eigenvalue weighted by Gasteiger charge is 2.29. The third-order valence-corrected chi connectivity index (χ3v) is 5.13. The molecule has 5 nitrogen and oxygen atoms in total. The average molecular weight is 318 g/mol. The molecule has 0 saturated carbocycles. The average Bonchev–Trinajstić information content (AvgIpc) is 3.21. The first-order valence-corrected chi connectivity index (χ1v) is 8.75. The van der Waals surface area contributed by atoms with Crippen LogP contribution in [0, 0.1) is 6.92 Å². The molecule has 0 aromatic carbocycles. The highest BCUT2D eigenvalue weighted by molar-refractivity contribution is 7.09. The Bertz CT molecular complexity index is 648. The first-order chi connectivity index (χ1) is 10.7. The molecule has 1 atom stereocenters. The Morgan fingerprint density at radius 3 is 3.05 bits per heavy atom. The molecule has 0 spiro atoms. The van der Waals surface area contributed by atoms with Crippen LogP contribution < -0.4 is 0 Å². The van der Waals surface area contributed by atoms with Crippen LogP contribution >= 0.6 is 11.3 Å². The fraction of sp³-hybridized carbons (Fsp3) is 0.562. The van der Waals surface area contributed by atoms with Gasteiger partial charge in [-0.1, -0.05) is 6.92 Å². The van der Waals surface area contributed by atoms with Crippen LogP contribution in [0.1, 0.15) is 36.0 Å². The summed E-state index contributed by atoms with van der Waals surface area (Å²) in [5, 5.41) is 7.46. The smallest absolute Gasteiger partial charge is 0.228 e. The van der Waals surface area contributed by atoms with Crippen molar-refractivity contribution >= 4 is 17.2 Å². The van der Waals surface area contributed by atoms with Gasteiger partial charge in [-0.2, -0.15) is 5.10 Å². The molecular weight excluding hydrogens is 296 g/mol. The Balaban J connectivity index is 1.63. The summed E-state index contributed by atoms with van der Waals surface area (Å²) in [6.45, 7) is 5.77. The monoisotopic (exact) mass is 318 g/mol. The maximum Gasteiger partial charge on any atom is 0.228 e. The normalized spacial score (nSPS) is 18.1. The molecule has 0 aliphatic carbocycles. The zero-order valence-electron chi connectivity index (χ0n) is 13.2. The van der Waals surface area contributed by atoms with E-state index in [1.165, 1.54) is 0 Å². The highest BCUT2D eigenvalue weighted by atomic mass is 32.1. The number of amides is 1. The van der Waals surface area contributed by atoms with Gasteiger partial charge in [-0.25, -0.2) is 4.98 Å². The zero-order chi connectivity index (χ0) is 15.5. The van der Waals surface area contributed by atoms with Crippen LogP contribution in [0.2, 0.25) is 0 Å². The minimum Gasteiger partial charge on any atom is -0.338 e. The largest absolute Gasteiger partial charge is 0.338 e. The van der Waals surface area contributed by atoms with Crippen molar-refractivity contribution in [1.29, 1.82) is 0 Å². The lowest BCUT2D eigenvalue weighted by Gasteiger charge is -2.24. The predicted molar refractivity (Wildman–Crippen MR) is 86.9 cm³/mol. The minimum atomic E-state index is 0.194. The summed E-state index contributed by atoms with van der Waals surface area (Å²) in [5.74, 6) is 0.194. The van der Waals surface area contributed by atoms with E-state index in [-0.39, 0.29) is 11.9 Å². The molecule has 1 fully saturated rings. The van der Waals surface area contributed by atoms with Crippen LogP contribution in [-0.4, -0.2) is 38.2 Å². The van der Waals surface area contributed by atoms with Gasteiger partial charge in [0.05, 0.1) is 35.9 Å². The molecule has 2 aromatic heterocycles. The molecular formula is C16H22N4OS. The number of hydrogen-bond acceptors (Lipinski definition) is 4. The van der Waals surface area contributed by atoms with E-state index in [0.717, 1.165) is 48.6 Å². The number of carbonyl (C=O) groups is 1. The van der Waals surface area contributed by atoms with Gasteiger partial charge in [-0.05, 0) is 31.7 Å². The number of nitrogens with zero attached hydrogens (tertiary/aromatic N) is 4. The maximum atomic E-state index is 12.6. The van der Waals surface area contributed by atoms with E-state index in [9.17, 15) is 4.79 Å². The Kier molecular flexibility index (Phi) is 4.57. The number of aryl methyl sites for hydroxylation is 2. The molecule has 118 valence electrons. The number of likely N-dealkylation sites (tertiary alicyclic amines) is 1. The molecule has 1 aliphatic heterocycles. The molecule has 0 unspecified atom stereocenters. The van der Waals surface area contributed by atoms with Crippen molar-refractivity contribution in [3.05, 3.63) is 34.0 Å². The Labute approximate surface area is 135 Å². The lowest BCUT2D eigenvalue weighted by atomic mass is 10.2. The van der Waals surface area contributed by atoms with Crippen molar-refractivity contribution in [2.45, 2.75) is 52.1 Å². The van der Waals surface area contributed by atoms with Gasteiger partial charge in [-0.3, -0.25) is 9.48 Å². The molecule has 1 aliphatic rings. The SMILES string of the molecule is CCc1nc(CC(=O)N2CCC[C@@H]2Cn2cc(C)cn2)cs1. The fourth-order valence-electron chi connectivity index (χ4n) is 2.99. The van der Waals surface area contributed by atoms with Crippen LogP contribution in [0.3, 0.4) is 0 Å². The van der Waals surface area contributed by atoms with Crippen LogP contribution in [0.4, 0.5) is 0 Å². The van der Waals surface area contributed by atoms with Crippen molar-refractivity contribution in [3.63, 3.8) is 0 Å². The number of aromatic nitrogens is 3. The van der Waals surface area contributed by atoms with Gasteiger partial charge in [0.1, 0.15) is 0 Å². The molecule has 0 N–H and O–H groups in total. The summed E-state index contributed by atoms with van der Waals surface area (Å²) in [7, 11) is 0. The summed E-state index contributed by atoms with van der Waals surface area (Å²) in [6.07, 6.45) is 7.39. The maximum absolute atomic E-state index is 12.6. The standard InChI is InChI=1S/C16H22N4OS/c1-3-15-18-13(11-22-15)7-16(21)20-6-4-5-14(20)10-19-9-12(2)8-17-19/h8-9,11,14H,3-7,10H2,1-2H3/t14-/m1/s1. The number of hydrogen-bond donors (Lipinski definition) is 0. The molecule has 1 saturated heterocycles. The first-order valence-electron chi connectivity index (χ1n) is 7.87. The third kappa shape index (κ3) is 3.38. The Morgan fingerprint density at radius 1 is 1.50 bits per heavy atom. The number of rotatable bonds is 5. The topological polar surface area (TPSA) is 51.0 Å². The summed E-state index contributed by atoms with van der Waals surface area (Å²) >= 11 is 1.64. The quantitative estimate of drug-likeness (QED) is 0.851. The Morgan fingerprint density at radius 2 is 2.36 bits per heavy atom. The lowest BCUT2D eigenvalue weighted by Crippen LogP contribution is -2.39. The molecule has 3 heterocycles. The van der Waals surface area contributed by atoms with Gasteiger partial charge in [0.2, 0.25) is 5.91 Å². The van der Waals surface area contributed by atoms with Crippen molar-refractivity contribution in [1.82, 2.24) is 19.7 Å². The lowest BCUT2D eigenvalue weighted by molar-refractivity contribution is -0.131. The van der Waals surface area contributed by atoms with Crippen molar-refractivity contribution in [3.8, 4) is 0 Å². The van der Waals surface area contributed by atoms with E-state index < -0.39 is 0 Å². The van der Waals surface area contributed by atoms with E-state index >= 15 is 0 Å². The van der Waals surface area contributed by atoms with Crippen LogP contribution in [0.5, 0.6) is 0 Å². The van der Waals surface area contributed by atoms with Gasteiger partial charge < -0.3 is 4.90 Å². The second-order valence-electron chi connectivity index (χ2n) is 5.89. The number of thiazole rings is 1.